The lowest BCUT2D eigenvalue weighted by molar-refractivity contribution is -0.384. The molecular formula is C18H13ClN2O4. The van der Waals surface area contributed by atoms with Crippen molar-refractivity contribution in [2.75, 3.05) is 0 Å². The smallest absolute Gasteiger partial charge is 0.269 e. The van der Waals surface area contributed by atoms with Crippen LogP contribution in [0.4, 0.5) is 5.69 Å². The van der Waals surface area contributed by atoms with Gasteiger partial charge in [0.2, 0.25) is 0 Å². The molecule has 1 heterocycles. The summed E-state index contributed by atoms with van der Waals surface area (Å²) in [4.78, 5) is 14.3. The molecule has 0 N–H and O–H groups in total. The molecule has 0 fully saturated rings. The third kappa shape index (κ3) is 4.68. The quantitative estimate of drug-likeness (QED) is 0.352. The Bertz CT molecular complexity index is 867. The van der Waals surface area contributed by atoms with Gasteiger partial charge in [0.1, 0.15) is 29.0 Å². The Morgan fingerprint density at radius 1 is 0.920 bits per heavy atom. The van der Waals surface area contributed by atoms with E-state index >= 15 is 0 Å². The van der Waals surface area contributed by atoms with Crippen LogP contribution in [0.5, 0.6) is 17.2 Å². The highest BCUT2D eigenvalue weighted by molar-refractivity contribution is 6.29. The summed E-state index contributed by atoms with van der Waals surface area (Å²) < 4.78 is 11.3. The van der Waals surface area contributed by atoms with Gasteiger partial charge in [-0.1, -0.05) is 17.7 Å². The second-order valence-corrected chi connectivity index (χ2v) is 5.45. The lowest BCUT2D eigenvalue weighted by Gasteiger charge is -2.08. The maximum Gasteiger partial charge on any atom is 0.269 e. The first-order valence-corrected chi connectivity index (χ1v) is 7.74. The van der Waals surface area contributed by atoms with Gasteiger partial charge in [0, 0.05) is 12.1 Å². The summed E-state index contributed by atoms with van der Waals surface area (Å²) in [6, 6.07) is 18.3. The van der Waals surface area contributed by atoms with E-state index in [0.29, 0.717) is 29.0 Å². The molecular weight excluding hydrogens is 344 g/mol. The highest BCUT2D eigenvalue weighted by atomic mass is 35.5. The average molecular weight is 357 g/mol. The van der Waals surface area contributed by atoms with Gasteiger partial charge in [-0.25, -0.2) is 4.98 Å². The van der Waals surface area contributed by atoms with Crippen molar-refractivity contribution in [3.63, 3.8) is 0 Å². The lowest BCUT2D eigenvalue weighted by Crippen LogP contribution is -1.98. The van der Waals surface area contributed by atoms with Crippen LogP contribution in [0.2, 0.25) is 5.15 Å². The van der Waals surface area contributed by atoms with E-state index in [1.165, 1.54) is 12.1 Å². The van der Waals surface area contributed by atoms with Crippen LogP contribution in [0, 0.1) is 10.1 Å². The van der Waals surface area contributed by atoms with Crippen LogP contribution < -0.4 is 9.47 Å². The van der Waals surface area contributed by atoms with Crippen molar-refractivity contribution in [1.82, 2.24) is 4.98 Å². The fourth-order valence-corrected chi connectivity index (χ4v) is 2.25. The highest BCUT2D eigenvalue weighted by Crippen LogP contribution is 2.25. The molecule has 0 radical (unpaired) electrons. The second-order valence-electron chi connectivity index (χ2n) is 5.06. The molecule has 7 heteroatoms. The minimum Gasteiger partial charge on any atom is -0.487 e. The summed E-state index contributed by atoms with van der Waals surface area (Å²) in [5.41, 5.74) is 0.754. The number of hydrogen-bond donors (Lipinski definition) is 0. The molecule has 2 aromatic carbocycles. The topological polar surface area (TPSA) is 74.5 Å². The zero-order valence-corrected chi connectivity index (χ0v) is 13.7. The van der Waals surface area contributed by atoms with Crippen LogP contribution in [-0.2, 0) is 6.61 Å². The number of pyridine rings is 1. The number of non-ortho nitro benzene ring substituents is 1. The first-order valence-electron chi connectivity index (χ1n) is 7.37. The van der Waals surface area contributed by atoms with E-state index in [9.17, 15) is 10.1 Å². The summed E-state index contributed by atoms with van der Waals surface area (Å²) in [5, 5.41) is 11.1. The normalized spacial score (nSPS) is 10.3. The fourth-order valence-electron chi connectivity index (χ4n) is 2.06. The van der Waals surface area contributed by atoms with E-state index in [1.54, 1.807) is 42.5 Å². The van der Waals surface area contributed by atoms with Crippen LogP contribution in [0.15, 0.2) is 66.7 Å². The van der Waals surface area contributed by atoms with Gasteiger partial charge in [0.15, 0.2) is 0 Å². The van der Waals surface area contributed by atoms with Crippen molar-refractivity contribution in [1.29, 1.82) is 0 Å². The summed E-state index contributed by atoms with van der Waals surface area (Å²) in [6.07, 6.45) is 0. The van der Waals surface area contributed by atoms with Crippen LogP contribution >= 0.6 is 11.6 Å². The number of aromatic nitrogens is 1. The van der Waals surface area contributed by atoms with Gasteiger partial charge >= 0.3 is 0 Å². The Labute approximate surface area is 148 Å². The van der Waals surface area contributed by atoms with Gasteiger partial charge in [-0.05, 0) is 48.5 Å². The van der Waals surface area contributed by atoms with E-state index in [2.05, 4.69) is 4.98 Å². The van der Waals surface area contributed by atoms with E-state index < -0.39 is 4.92 Å². The minimum atomic E-state index is -0.454. The largest absolute Gasteiger partial charge is 0.487 e. The summed E-state index contributed by atoms with van der Waals surface area (Å²) in [6.45, 7) is 0.309. The van der Waals surface area contributed by atoms with E-state index in [4.69, 9.17) is 21.1 Å². The molecule has 0 spiro atoms. The predicted molar refractivity (Wildman–Crippen MR) is 93.2 cm³/mol. The van der Waals surface area contributed by atoms with Crippen LogP contribution in [0.3, 0.4) is 0 Å². The fraction of sp³-hybridized carbons (Fsp3) is 0.0556. The van der Waals surface area contributed by atoms with E-state index in [-0.39, 0.29) is 5.69 Å². The van der Waals surface area contributed by atoms with Crippen molar-refractivity contribution in [3.8, 4) is 17.2 Å². The van der Waals surface area contributed by atoms with Crippen LogP contribution in [0.1, 0.15) is 5.69 Å². The molecule has 126 valence electrons. The monoisotopic (exact) mass is 356 g/mol. The van der Waals surface area contributed by atoms with Gasteiger partial charge in [-0.15, -0.1) is 0 Å². The number of hydrogen-bond acceptors (Lipinski definition) is 5. The zero-order chi connectivity index (χ0) is 17.6. The maximum absolute atomic E-state index is 10.6. The molecule has 0 aliphatic heterocycles. The Morgan fingerprint density at radius 3 is 2.12 bits per heavy atom. The zero-order valence-electron chi connectivity index (χ0n) is 13.0. The molecule has 3 rings (SSSR count). The number of nitrogens with zero attached hydrogens (tertiary/aromatic N) is 2. The minimum absolute atomic E-state index is 0.0192. The van der Waals surface area contributed by atoms with Gasteiger partial charge in [-0.2, -0.15) is 0 Å². The maximum atomic E-state index is 10.6. The highest BCUT2D eigenvalue weighted by Gasteiger charge is 2.05. The molecule has 0 atom stereocenters. The summed E-state index contributed by atoms with van der Waals surface area (Å²) in [7, 11) is 0. The van der Waals surface area contributed by atoms with Crippen molar-refractivity contribution in [3.05, 3.63) is 87.7 Å². The molecule has 3 aromatic rings. The van der Waals surface area contributed by atoms with E-state index in [1.807, 2.05) is 12.1 Å². The number of halogens is 1. The second kappa shape index (κ2) is 7.63. The molecule has 1 aromatic heterocycles. The first-order chi connectivity index (χ1) is 12.1. The molecule has 0 amide bonds. The SMILES string of the molecule is O=[N+]([O-])c1ccc(Oc2ccc(OCc3cccc(Cl)n3)cc2)cc1. The predicted octanol–water partition coefficient (Wildman–Crippen LogP) is 5.01. The lowest BCUT2D eigenvalue weighted by atomic mass is 10.3. The number of rotatable bonds is 6. The molecule has 0 aliphatic carbocycles. The molecule has 0 aliphatic rings. The molecule has 0 unspecified atom stereocenters. The van der Waals surface area contributed by atoms with Gasteiger partial charge in [0.25, 0.3) is 5.69 Å². The summed E-state index contributed by atoms with van der Waals surface area (Å²) >= 11 is 5.83. The number of nitro benzene ring substituents is 1. The Morgan fingerprint density at radius 2 is 1.52 bits per heavy atom. The van der Waals surface area contributed by atoms with Gasteiger partial charge in [-0.3, -0.25) is 10.1 Å². The molecule has 6 nitrogen and oxygen atoms in total. The number of benzene rings is 2. The van der Waals surface area contributed by atoms with Crippen molar-refractivity contribution in [2.24, 2.45) is 0 Å². The summed E-state index contributed by atoms with van der Waals surface area (Å²) in [5.74, 6) is 1.78. The first kappa shape index (κ1) is 16.7. The number of ether oxygens (including phenoxy) is 2. The third-order valence-corrected chi connectivity index (χ3v) is 3.48. The van der Waals surface area contributed by atoms with Gasteiger partial charge < -0.3 is 9.47 Å². The number of nitro groups is 1. The Hall–Kier alpha value is -3.12. The molecule has 25 heavy (non-hydrogen) atoms. The van der Waals surface area contributed by atoms with Crippen molar-refractivity contribution in [2.45, 2.75) is 6.61 Å². The van der Waals surface area contributed by atoms with Gasteiger partial charge in [0.05, 0.1) is 10.6 Å². The molecule has 0 saturated carbocycles. The molecule has 0 saturated heterocycles. The van der Waals surface area contributed by atoms with E-state index in [0.717, 1.165) is 5.69 Å². The van der Waals surface area contributed by atoms with Crippen LogP contribution in [0.25, 0.3) is 0 Å². The Balaban J connectivity index is 1.59. The third-order valence-electron chi connectivity index (χ3n) is 3.27. The van der Waals surface area contributed by atoms with Crippen molar-refractivity contribution < 1.29 is 14.4 Å². The Kier molecular flexibility index (Phi) is 5.11. The molecule has 0 bridgehead atoms. The van der Waals surface area contributed by atoms with Crippen LogP contribution in [-0.4, -0.2) is 9.91 Å². The standard InChI is InChI=1S/C18H13ClN2O4/c19-18-3-1-2-13(20-18)12-24-15-8-10-17(11-9-15)25-16-6-4-14(5-7-16)21(22)23/h1-11H,12H2. The van der Waals surface area contributed by atoms with Crippen molar-refractivity contribution >= 4 is 17.3 Å². The average Bonchev–Trinajstić information content (AvgIpc) is 2.62.